The summed E-state index contributed by atoms with van der Waals surface area (Å²) in [5.41, 5.74) is 1.05. The fraction of sp³-hybridized carbons (Fsp3) is 0.769. The van der Waals surface area contributed by atoms with Crippen LogP contribution in [0.25, 0.3) is 0 Å². The highest BCUT2D eigenvalue weighted by Crippen LogP contribution is 2.19. The molecule has 0 aromatic heterocycles. The van der Waals surface area contributed by atoms with Crippen LogP contribution in [0.3, 0.4) is 0 Å². The van der Waals surface area contributed by atoms with Crippen molar-refractivity contribution in [3.05, 3.63) is 11.8 Å². The van der Waals surface area contributed by atoms with Gasteiger partial charge in [0, 0.05) is 31.3 Å². The first-order chi connectivity index (χ1) is 7.27. The molecule has 0 saturated heterocycles. The topological polar surface area (TPSA) is 20.3 Å². The smallest absolute Gasteiger partial charge is 0.160 e. The first-order valence-corrected chi connectivity index (χ1v) is 6.25. The lowest BCUT2D eigenvalue weighted by Crippen LogP contribution is -2.18. The van der Waals surface area contributed by atoms with Gasteiger partial charge in [0.05, 0.1) is 0 Å². The predicted molar refractivity (Wildman–Crippen MR) is 63.7 cm³/mol. The summed E-state index contributed by atoms with van der Waals surface area (Å²) in [7, 11) is 0. The number of nitrogens with zero attached hydrogens (tertiary/aromatic N) is 1. The molecule has 0 aliphatic heterocycles. The van der Waals surface area contributed by atoms with E-state index in [2.05, 4.69) is 24.9 Å². The van der Waals surface area contributed by atoms with E-state index in [4.69, 9.17) is 0 Å². The molecule has 0 spiro atoms. The monoisotopic (exact) mass is 209 g/mol. The van der Waals surface area contributed by atoms with Crippen molar-refractivity contribution in [1.82, 2.24) is 4.90 Å². The lowest BCUT2D eigenvalue weighted by Gasteiger charge is -2.19. The van der Waals surface area contributed by atoms with Crippen molar-refractivity contribution in [2.24, 2.45) is 0 Å². The maximum Gasteiger partial charge on any atom is 0.160 e. The maximum absolute atomic E-state index is 11.8. The summed E-state index contributed by atoms with van der Waals surface area (Å²) in [6, 6.07) is 0. The first kappa shape index (κ1) is 12.3. The van der Waals surface area contributed by atoms with E-state index in [1.54, 1.807) is 0 Å². The van der Waals surface area contributed by atoms with Crippen LogP contribution in [0, 0.1) is 0 Å². The second-order valence-corrected chi connectivity index (χ2v) is 4.21. The van der Waals surface area contributed by atoms with E-state index in [1.807, 2.05) is 0 Å². The number of hydrogen-bond acceptors (Lipinski definition) is 2. The van der Waals surface area contributed by atoms with Gasteiger partial charge in [-0.15, -0.1) is 0 Å². The number of carbonyl (C=O) groups excluding carboxylic acids is 1. The molecule has 2 heteroatoms. The van der Waals surface area contributed by atoms with Gasteiger partial charge in [-0.1, -0.05) is 12.8 Å². The van der Waals surface area contributed by atoms with Gasteiger partial charge in [-0.25, -0.2) is 0 Å². The molecule has 0 atom stereocenters. The third-order valence-electron chi connectivity index (χ3n) is 3.11. The first-order valence-electron chi connectivity index (χ1n) is 6.25. The van der Waals surface area contributed by atoms with Gasteiger partial charge in [0.15, 0.2) is 5.78 Å². The second kappa shape index (κ2) is 6.65. The summed E-state index contributed by atoms with van der Waals surface area (Å²) in [6.45, 7) is 6.25. The van der Waals surface area contributed by atoms with E-state index >= 15 is 0 Å². The number of carbonyl (C=O) groups is 1. The molecule has 0 aromatic carbocycles. The molecule has 0 bridgehead atoms. The molecule has 86 valence electrons. The normalized spacial score (nSPS) is 21.2. The van der Waals surface area contributed by atoms with Crippen LogP contribution in [-0.4, -0.2) is 23.8 Å². The minimum atomic E-state index is 0.376. The number of hydrogen-bond donors (Lipinski definition) is 0. The Balaban J connectivity index is 2.65. The highest BCUT2D eigenvalue weighted by molar-refractivity contribution is 5.95. The molecule has 0 N–H and O–H groups in total. The van der Waals surface area contributed by atoms with E-state index in [0.29, 0.717) is 5.78 Å². The molecule has 0 heterocycles. The Morgan fingerprint density at radius 1 is 1.07 bits per heavy atom. The molecule has 1 saturated carbocycles. The average Bonchev–Trinajstić information content (AvgIpc) is 2.24. The van der Waals surface area contributed by atoms with Crippen LogP contribution < -0.4 is 0 Å². The van der Waals surface area contributed by atoms with Crippen molar-refractivity contribution >= 4 is 5.78 Å². The second-order valence-electron chi connectivity index (χ2n) is 4.21. The summed E-state index contributed by atoms with van der Waals surface area (Å²) in [6.07, 6.45) is 8.59. The fourth-order valence-electron chi connectivity index (χ4n) is 2.02. The molecular weight excluding hydrogens is 186 g/mol. The van der Waals surface area contributed by atoms with E-state index in [0.717, 1.165) is 37.9 Å². The Morgan fingerprint density at radius 3 is 2.27 bits per heavy atom. The van der Waals surface area contributed by atoms with Crippen molar-refractivity contribution in [3.8, 4) is 0 Å². The van der Waals surface area contributed by atoms with Gasteiger partial charge in [-0.3, -0.25) is 4.79 Å². The summed E-state index contributed by atoms with van der Waals surface area (Å²) in [5, 5.41) is 0. The molecule has 15 heavy (non-hydrogen) atoms. The molecule has 0 aromatic rings. The van der Waals surface area contributed by atoms with Gasteiger partial charge in [0.25, 0.3) is 0 Å². The Kier molecular flexibility index (Phi) is 5.44. The van der Waals surface area contributed by atoms with E-state index < -0.39 is 0 Å². The SMILES string of the molecule is CCN(/C=C1/CCCCCCC1=O)CC. The quantitative estimate of drug-likeness (QED) is 0.666. The van der Waals surface area contributed by atoms with Crippen LogP contribution in [0.2, 0.25) is 0 Å². The molecule has 0 amide bonds. The number of Topliss-reactive ketones (excluding diaryl/α,β-unsaturated/α-hetero) is 1. The van der Waals surface area contributed by atoms with Crippen molar-refractivity contribution < 1.29 is 4.79 Å². The summed E-state index contributed by atoms with van der Waals surface area (Å²) < 4.78 is 0. The molecular formula is C13H23NO. The van der Waals surface area contributed by atoms with Crippen LogP contribution in [0.1, 0.15) is 52.4 Å². The molecule has 0 radical (unpaired) electrons. The molecule has 1 aliphatic carbocycles. The Bertz CT molecular complexity index is 229. The largest absolute Gasteiger partial charge is 0.378 e. The maximum atomic E-state index is 11.8. The van der Waals surface area contributed by atoms with Gasteiger partial charge in [0.2, 0.25) is 0 Å². The van der Waals surface area contributed by atoms with Gasteiger partial charge in [-0.2, -0.15) is 0 Å². The van der Waals surface area contributed by atoms with Crippen LogP contribution in [-0.2, 0) is 4.79 Å². The van der Waals surface area contributed by atoms with Crippen LogP contribution in [0.15, 0.2) is 11.8 Å². The zero-order valence-corrected chi connectivity index (χ0v) is 10.1. The van der Waals surface area contributed by atoms with Gasteiger partial charge >= 0.3 is 0 Å². The number of allylic oxidation sites excluding steroid dienone is 1. The lowest BCUT2D eigenvalue weighted by atomic mass is 9.95. The summed E-state index contributed by atoms with van der Waals surface area (Å²) in [4.78, 5) is 14.1. The van der Waals surface area contributed by atoms with Crippen molar-refractivity contribution in [3.63, 3.8) is 0 Å². The van der Waals surface area contributed by atoms with E-state index in [1.165, 1.54) is 19.3 Å². The molecule has 1 aliphatic rings. The van der Waals surface area contributed by atoms with Crippen LogP contribution in [0.4, 0.5) is 0 Å². The minimum Gasteiger partial charge on any atom is -0.378 e. The fourth-order valence-corrected chi connectivity index (χ4v) is 2.02. The predicted octanol–water partition coefficient (Wildman–Crippen LogP) is 3.14. The molecule has 0 unspecified atom stereocenters. The van der Waals surface area contributed by atoms with E-state index in [-0.39, 0.29) is 0 Å². The highest BCUT2D eigenvalue weighted by Gasteiger charge is 2.12. The average molecular weight is 209 g/mol. The van der Waals surface area contributed by atoms with Crippen molar-refractivity contribution in [1.29, 1.82) is 0 Å². The molecule has 2 nitrogen and oxygen atoms in total. The van der Waals surface area contributed by atoms with Gasteiger partial charge in [-0.05, 0) is 33.1 Å². The Morgan fingerprint density at radius 2 is 1.67 bits per heavy atom. The zero-order chi connectivity index (χ0) is 11.1. The summed E-state index contributed by atoms with van der Waals surface area (Å²) in [5.74, 6) is 0.376. The van der Waals surface area contributed by atoms with Crippen molar-refractivity contribution in [2.75, 3.05) is 13.1 Å². The van der Waals surface area contributed by atoms with Crippen molar-refractivity contribution in [2.45, 2.75) is 52.4 Å². The molecule has 1 fully saturated rings. The molecule has 1 rings (SSSR count). The van der Waals surface area contributed by atoms with Gasteiger partial charge < -0.3 is 4.90 Å². The van der Waals surface area contributed by atoms with E-state index in [9.17, 15) is 4.79 Å². The summed E-state index contributed by atoms with van der Waals surface area (Å²) >= 11 is 0. The minimum absolute atomic E-state index is 0.376. The Hall–Kier alpha value is -0.790. The van der Waals surface area contributed by atoms with Gasteiger partial charge in [0.1, 0.15) is 0 Å². The Labute approximate surface area is 93.3 Å². The third-order valence-corrected chi connectivity index (χ3v) is 3.11. The highest BCUT2D eigenvalue weighted by atomic mass is 16.1. The number of rotatable bonds is 3. The standard InChI is InChI=1S/C13H23NO/c1-3-14(4-2)11-12-9-7-5-6-8-10-13(12)15/h11H,3-10H2,1-2H3/b12-11-. The third kappa shape index (κ3) is 4.06. The zero-order valence-electron chi connectivity index (χ0n) is 10.1. The lowest BCUT2D eigenvalue weighted by molar-refractivity contribution is -0.116. The van der Waals surface area contributed by atoms with Crippen LogP contribution in [0.5, 0.6) is 0 Å². The number of ketones is 1. The van der Waals surface area contributed by atoms with Crippen LogP contribution >= 0.6 is 0 Å².